The second-order valence-corrected chi connectivity index (χ2v) is 6.43. The number of carbonyl (C=O) groups is 2. The first-order chi connectivity index (χ1) is 13.1. The summed E-state index contributed by atoms with van der Waals surface area (Å²) >= 11 is 0. The van der Waals surface area contributed by atoms with E-state index in [4.69, 9.17) is 4.74 Å². The fourth-order valence-electron chi connectivity index (χ4n) is 2.36. The van der Waals surface area contributed by atoms with Gasteiger partial charge in [0, 0.05) is 25.5 Å². The molecule has 0 radical (unpaired) electrons. The third-order valence-electron chi connectivity index (χ3n) is 3.96. The highest BCUT2D eigenvalue weighted by Gasteiger charge is 2.30. The number of ether oxygens (including phenoxy) is 1. The summed E-state index contributed by atoms with van der Waals surface area (Å²) in [5.41, 5.74) is 1.10. The molecule has 0 heterocycles. The van der Waals surface area contributed by atoms with Gasteiger partial charge in [0.25, 0.3) is 5.91 Å². The van der Waals surface area contributed by atoms with Crippen molar-refractivity contribution in [2.75, 3.05) is 24.3 Å². The first-order valence-corrected chi connectivity index (χ1v) is 8.50. The molecule has 0 aliphatic carbocycles. The predicted octanol–water partition coefficient (Wildman–Crippen LogP) is 3.88. The van der Waals surface area contributed by atoms with E-state index < -0.39 is 29.7 Å². The summed E-state index contributed by atoms with van der Waals surface area (Å²) < 4.78 is 42.7. The molecule has 2 rings (SSSR count). The van der Waals surface area contributed by atoms with E-state index >= 15 is 0 Å². The van der Waals surface area contributed by atoms with Crippen molar-refractivity contribution < 1.29 is 27.5 Å². The fraction of sp³-hybridized carbons (Fsp3) is 0.300. The molecule has 0 saturated carbocycles. The molecule has 0 fully saturated rings. The van der Waals surface area contributed by atoms with Crippen molar-refractivity contribution in [1.29, 1.82) is 0 Å². The van der Waals surface area contributed by atoms with Gasteiger partial charge in [0.15, 0.2) is 6.10 Å². The van der Waals surface area contributed by atoms with Gasteiger partial charge in [0.1, 0.15) is 0 Å². The maximum Gasteiger partial charge on any atom is 0.416 e. The van der Waals surface area contributed by atoms with E-state index in [1.165, 1.54) is 19.1 Å². The molecule has 28 heavy (non-hydrogen) atoms. The van der Waals surface area contributed by atoms with Gasteiger partial charge in [-0.25, -0.2) is 0 Å². The average Bonchev–Trinajstić information content (AvgIpc) is 2.61. The van der Waals surface area contributed by atoms with Gasteiger partial charge < -0.3 is 15.0 Å². The number of halogens is 3. The highest BCUT2D eigenvalue weighted by Crippen LogP contribution is 2.29. The second-order valence-electron chi connectivity index (χ2n) is 6.43. The topological polar surface area (TPSA) is 58.6 Å². The van der Waals surface area contributed by atoms with Crippen LogP contribution >= 0.6 is 0 Å². The molecule has 0 spiro atoms. The lowest BCUT2D eigenvalue weighted by Gasteiger charge is -2.15. The van der Waals surface area contributed by atoms with E-state index in [-0.39, 0.29) is 6.42 Å². The summed E-state index contributed by atoms with van der Waals surface area (Å²) in [4.78, 5) is 26.0. The molecule has 5 nitrogen and oxygen atoms in total. The third kappa shape index (κ3) is 6.00. The number of esters is 1. The number of hydrogen-bond donors (Lipinski definition) is 1. The number of nitrogens with zero attached hydrogens (tertiary/aromatic N) is 1. The van der Waals surface area contributed by atoms with Gasteiger partial charge in [0.05, 0.1) is 12.0 Å². The van der Waals surface area contributed by atoms with Crippen LogP contribution in [0.25, 0.3) is 0 Å². The lowest BCUT2D eigenvalue weighted by molar-refractivity contribution is -0.152. The van der Waals surface area contributed by atoms with Crippen molar-refractivity contribution in [2.24, 2.45) is 0 Å². The molecule has 0 saturated heterocycles. The molecule has 1 atom stereocenters. The van der Waals surface area contributed by atoms with Crippen LogP contribution in [0.2, 0.25) is 0 Å². The average molecular weight is 394 g/mol. The SMILES string of the molecule is CC(OC(=O)Cc1ccc(C(F)(F)F)cc1)C(=O)Nc1ccc(N(C)C)cc1. The van der Waals surface area contributed by atoms with E-state index in [0.717, 1.165) is 17.8 Å². The molecule has 1 N–H and O–H groups in total. The minimum absolute atomic E-state index is 0.229. The van der Waals surface area contributed by atoms with E-state index in [1.54, 1.807) is 12.1 Å². The van der Waals surface area contributed by atoms with Crippen LogP contribution in [-0.4, -0.2) is 32.1 Å². The lowest BCUT2D eigenvalue weighted by atomic mass is 10.1. The van der Waals surface area contributed by atoms with Crippen molar-refractivity contribution in [3.8, 4) is 0 Å². The van der Waals surface area contributed by atoms with E-state index in [0.29, 0.717) is 11.3 Å². The largest absolute Gasteiger partial charge is 0.452 e. The Morgan fingerprint density at radius 2 is 1.61 bits per heavy atom. The molecule has 0 aliphatic rings. The summed E-state index contributed by atoms with van der Waals surface area (Å²) in [5.74, 6) is -1.20. The molecular formula is C20H21F3N2O3. The van der Waals surface area contributed by atoms with E-state index in [9.17, 15) is 22.8 Å². The molecule has 1 unspecified atom stereocenters. The van der Waals surface area contributed by atoms with E-state index in [2.05, 4.69) is 5.32 Å². The monoisotopic (exact) mass is 394 g/mol. The molecule has 0 aromatic heterocycles. The Kier molecular flexibility index (Phi) is 6.66. The maximum atomic E-state index is 12.5. The second kappa shape index (κ2) is 8.77. The van der Waals surface area contributed by atoms with Crippen LogP contribution < -0.4 is 10.2 Å². The Hall–Kier alpha value is -3.03. The molecule has 150 valence electrons. The zero-order valence-electron chi connectivity index (χ0n) is 15.7. The normalized spacial score (nSPS) is 12.2. The minimum Gasteiger partial charge on any atom is -0.452 e. The fourth-order valence-corrected chi connectivity index (χ4v) is 2.36. The predicted molar refractivity (Wildman–Crippen MR) is 100 cm³/mol. The third-order valence-corrected chi connectivity index (χ3v) is 3.96. The smallest absolute Gasteiger partial charge is 0.416 e. The Labute approximate surface area is 161 Å². The Balaban J connectivity index is 1.88. The number of amides is 1. The zero-order chi connectivity index (χ0) is 20.9. The first kappa shape index (κ1) is 21.3. The number of hydrogen-bond acceptors (Lipinski definition) is 4. The van der Waals surface area contributed by atoms with Crippen LogP contribution in [0.4, 0.5) is 24.5 Å². The first-order valence-electron chi connectivity index (χ1n) is 8.50. The molecule has 0 aliphatic heterocycles. The number of rotatable bonds is 6. The van der Waals surface area contributed by atoms with Gasteiger partial charge >= 0.3 is 12.1 Å². The van der Waals surface area contributed by atoms with Gasteiger partial charge in [0.2, 0.25) is 0 Å². The Morgan fingerprint density at radius 3 is 2.11 bits per heavy atom. The van der Waals surface area contributed by atoms with Gasteiger partial charge in [-0.3, -0.25) is 9.59 Å². The van der Waals surface area contributed by atoms with Crippen LogP contribution in [0.5, 0.6) is 0 Å². The molecule has 2 aromatic rings. The molecule has 0 bridgehead atoms. The number of alkyl halides is 3. The van der Waals surface area contributed by atoms with Gasteiger partial charge in [-0.2, -0.15) is 13.2 Å². The zero-order valence-corrected chi connectivity index (χ0v) is 15.7. The van der Waals surface area contributed by atoms with Crippen molar-refractivity contribution in [2.45, 2.75) is 25.6 Å². The molecule has 8 heteroatoms. The Morgan fingerprint density at radius 1 is 1.04 bits per heavy atom. The van der Waals surface area contributed by atoms with Gasteiger partial charge in [-0.1, -0.05) is 12.1 Å². The maximum absolute atomic E-state index is 12.5. The minimum atomic E-state index is -4.43. The van der Waals surface area contributed by atoms with Crippen molar-refractivity contribution in [3.05, 3.63) is 59.7 Å². The summed E-state index contributed by atoms with van der Waals surface area (Å²) in [6.07, 6.45) is -5.71. The van der Waals surface area contributed by atoms with Crippen LogP contribution in [0.1, 0.15) is 18.1 Å². The summed E-state index contributed by atoms with van der Waals surface area (Å²) in [6.45, 7) is 1.42. The molecule has 2 aromatic carbocycles. The number of carbonyl (C=O) groups excluding carboxylic acids is 2. The highest BCUT2D eigenvalue weighted by molar-refractivity contribution is 5.95. The number of nitrogens with one attached hydrogen (secondary N) is 1. The van der Waals surface area contributed by atoms with Crippen molar-refractivity contribution >= 4 is 23.3 Å². The van der Waals surface area contributed by atoms with Gasteiger partial charge in [-0.15, -0.1) is 0 Å². The van der Waals surface area contributed by atoms with Crippen LogP contribution in [0, 0.1) is 0 Å². The number of anilines is 2. The van der Waals surface area contributed by atoms with Crippen molar-refractivity contribution in [3.63, 3.8) is 0 Å². The molecule has 1 amide bonds. The highest BCUT2D eigenvalue weighted by atomic mass is 19.4. The van der Waals surface area contributed by atoms with Crippen LogP contribution in [0.3, 0.4) is 0 Å². The van der Waals surface area contributed by atoms with Crippen molar-refractivity contribution in [1.82, 2.24) is 0 Å². The van der Waals surface area contributed by atoms with Crippen LogP contribution in [-0.2, 0) is 26.9 Å². The quantitative estimate of drug-likeness (QED) is 0.756. The summed E-state index contributed by atoms with van der Waals surface area (Å²) in [7, 11) is 3.79. The standard InChI is InChI=1S/C20H21F3N2O3/c1-13(19(27)24-16-8-10-17(11-9-16)25(2)3)28-18(26)12-14-4-6-15(7-5-14)20(21,22)23/h4-11,13H,12H2,1-3H3,(H,24,27). The number of benzene rings is 2. The van der Waals surface area contributed by atoms with E-state index in [1.807, 2.05) is 31.1 Å². The van der Waals surface area contributed by atoms with Gasteiger partial charge in [-0.05, 0) is 48.9 Å². The summed E-state index contributed by atoms with van der Waals surface area (Å²) in [6, 6.07) is 11.3. The Bertz CT molecular complexity index is 816. The summed E-state index contributed by atoms with van der Waals surface area (Å²) in [5, 5.41) is 2.64. The van der Waals surface area contributed by atoms with Crippen LogP contribution in [0.15, 0.2) is 48.5 Å². The lowest BCUT2D eigenvalue weighted by Crippen LogP contribution is -2.30. The molecular weight excluding hydrogens is 373 g/mol.